The summed E-state index contributed by atoms with van der Waals surface area (Å²) in [5.74, 6) is -2.15. The van der Waals surface area contributed by atoms with Gasteiger partial charge in [-0.15, -0.1) is 0 Å². The fraction of sp³-hybridized carbons (Fsp3) is 0.105. The number of nitrogens with zero attached hydrogens (tertiary/aromatic N) is 1. The zero-order valence-electron chi connectivity index (χ0n) is 14.6. The third kappa shape index (κ3) is 3.91. The topological polar surface area (TPSA) is 105 Å². The normalized spacial score (nSPS) is 14.9. The number of carbonyl (C=O) groups excluding carboxylic acids is 2. The van der Waals surface area contributed by atoms with E-state index in [0.717, 1.165) is 5.01 Å². The molecule has 144 valence electrons. The van der Waals surface area contributed by atoms with Crippen LogP contribution in [0.1, 0.15) is 5.56 Å². The zero-order valence-corrected chi connectivity index (χ0v) is 15.4. The van der Waals surface area contributed by atoms with Crippen molar-refractivity contribution < 1.29 is 29.0 Å². The van der Waals surface area contributed by atoms with Crippen LogP contribution in [0.3, 0.4) is 0 Å². The number of carboxylic acids is 1. The van der Waals surface area contributed by atoms with E-state index in [1.165, 1.54) is 25.3 Å². The smallest absolute Gasteiger partial charge is 0.341 e. The van der Waals surface area contributed by atoms with Crippen molar-refractivity contribution in [2.75, 3.05) is 18.7 Å². The zero-order chi connectivity index (χ0) is 20.3. The first kappa shape index (κ1) is 19.2. The Balaban J connectivity index is 2.02. The number of anilines is 1. The minimum absolute atomic E-state index is 0.0561. The number of aliphatic carboxylic acids is 1. The molecule has 1 aliphatic heterocycles. The number of rotatable bonds is 6. The summed E-state index contributed by atoms with van der Waals surface area (Å²) in [6, 6.07) is 11.5. The Morgan fingerprint density at radius 2 is 1.96 bits per heavy atom. The molecule has 28 heavy (non-hydrogen) atoms. The van der Waals surface area contributed by atoms with Gasteiger partial charge in [-0.25, -0.2) is 9.80 Å². The van der Waals surface area contributed by atoms with Crippen molar-refractivity contribution in [1.82, 2.24) is 5.43 Å². The lowest BCUT2D eigenvalue weighted by Gasteiger charge is -2.14. The number of halogens is 1. The average molecular weight is 403 g/mol. The molecule has 0 spiro atoms. The van der Waals surface area contributed by atoms with E-state index < -0.39 is 24.4 Å². The lowest BCUT2D eigenvalue weighted by Crippen LogP contribution is -2.35. The Bertz CT molecular complexity index is 974. The van der Waals surface area contributed by atoms with E-state index in [0.29, 0.717) is 5.69 Å². The van der Waals surface area contributed by atoms with Gasteiger partial charge in [0.05, 0.1) is 12.8 Å². The van der Waals surface area contributed by atoms with Crippen LogP contribution in [0.2, 0.25) is 5.02 Å². The Morgan fingerprint density at radius 1 is 1.25 bits per heavy atom. The number of hydrazine groups is 1. The van der Waals surface area contributed by atoms with Gasteiger partial charge in [-0.2, -0.15) is 0 Å². The Labute approximate surface area is 164 Å². The predicted octanol–water partition coefficient (Wildman–Crippen LogP) is 2.27. The number of nitrogens with one attached hydrogen (secondary N) is 1. The van der Waals surface area contributed by atoms with E-state index in [4.69, 9.17) is 26.2 Å². The van der Waals surface area contributed by atoms with Crippen molar-refractivity contribution >= 4 is 41.1 Å². The van der Waals surface area contributed by atoms with E-state index in [2.05, 4.69) is 5.43 Å². The number of benzene rings is 2. The van der Waals surface area contributed by atoms with Crippen LogP contribution in [0.15, 0.2) is 48.0 Å². The third-order valence-electron chi connectivity index (χ3n) is 3.81. The molecule has 0 aromatic heterocycles. The van der Waals surface area contributed by atoms with Crippen LogP contribution in [-0.4, -0.2) is 36.6 Å². The molecule has 0 aliphatic carbocycles. The van der Waals surface area contributed by atoms with E-state index >= 15 is 0 Å². The number of carbonyl (C=O) groups is 3. The highest BCUT2D eigenvalue weighted by atomic mass is 35.5. The summed E-state index contributed by atoms with van der Waals surface area (Å²) >= 11 is 6.07. The third-order valence-corrected chi connectivity index (χ3v) is 4.03. The van der Waals surface area contributed by atoms with Gasteiger partial charge in [0.2, 0.25) is 0 Å². The lowest BCUT2D eigenvalue weighted by molar-refractivity contribution is -0.139. The van der Waals surface area contributed by atoms with Crippen molar-refractivity contribution in [2.24, 2.45) is 0 Å². The van der Waals surface area contributed by atoms with Gasteiger partial charge in [0.25, 0.3) is 11.8 Å². The highest BCUT2D eigenvalue weighted by Gasteiger charge is 2.34. The fourth-order valence-electron chi connectivity index (χ4n) is 2.61. The highest BCUT2D eigenvalue weighted by molar-refractivity contribution is 6.32. The largest absolute Gasteiger partial charge is 0.493 e. The molecule has 9 heteroatoms. The summed E-state index contributed by atoms with van der Waals surface area (Å²) in [6.07, 6.45) is 1.28. The number of amides is 2. The summed E-state index contributed by atoms with van der Waals surface area (Å²) in [4.78, 5) is 35.9. The van der Waals surface area contributed by atoms with Gasteiger partial charge in [-0.05, 0) is 24.3 Å². The lowest BCUT2D eigenvalue weighted by atomic mass is 10.1. The molecule has 0 unspecified atom stereocenters. The van der Waals surface area contributed by atoms with E-state index in [1.54, 1.807) is 30.3 Å². The number of para-hydroxylation sites is 1. The Kier molecular flexibility index (Phi) is 5.51. The molecular weight excluding hydrogens is 388 g/mol. The van der Waals surface area contributed by atoms with Crippen LogP contribution in [0.5, 0.6) is 11.5 Å². The molecule has 0 saturated carbocycles. The molecule has 3 rings (SSSR count). The maximum atomic E-state index is 12.7. The quantitative estimate of drug-likeness (QED) is 0.567. The number of ether oxygens (including phenoxy) is 2. The van der Waals surface area contributed by atoms with Crippen LogP contribution in [-0.2, 0) is 14.4 Å². The molecule has 1 aliphatic rings. The van der Waals surface area contributed by atoms with Crippen LogP contribution >= 0.6 is 11.6 Å². The second kappa shape index (κ2) is 8.01. The molecule has 1 saturated heterocycles. The van der Waals surface area contributed by atoms with E-state index in [9.17, 15) is 14.4 Å². The molecule has 2 amide bonds. The first-order valence-electron chi connectivity index (χ1n) is 8.05. The van der Waals surface area contributed by atoms with Gasteiger partial charge in [0, 0.05) is 16.7 Å². The van der Waals surface area contributed by atoms with E-state index in [-0.39, 0.29) is 27.7 Å². The van der Waals surface area contributed by atoms with Crippen LogP contribution in [0, 0.1) is 0 Å². The summed E-state index contributed by atoms with van der Waals surface area (Å²) in [7, 11) is 1.36. The fourth-order valence-corrected chi connectivity index (χ4v) is 2.82. The van der Waals surface area contributed by atoms with Gasteiger partial charge in [-0.3, -0.25) is 15.0 Å². The molecule has 0 atom stereocenters. The molecule has 1 heterocycles. The molecule has 1 fully saturated rings. The molecule has 2 aromatic rings. The number of hydrogen-bond donors (Lipinski definition) is 2. The predicted molar refractivity (Wildman–Crippen MR) is 101 cm³/mol. The summed E-state index contributed by atoms with van der Waals surface area (Å²) in [5, 5.41) is 10.3. The second-order valence-electron chi connectivity index (χ2n) is 5.68. The van der Waals surface area contributed by atoms with E-state index in [1.807, 2.05) is 0 Å². The number of carboxylic acid groups (broad SMARTS) is 1. The monoisotopic (exact) mass is 402 g/mol. The first-order chi connectivity index (χ1) is 13.4. The Hall–Kier alpha value is -3.52. The molecule has 8 nitrogen and oxygen atoms in total. The summed E-state index contributed by atoms with van der Waals surface area (Å²) in [6.45, 7) is -0.634. The highest BCUT2D eigenvalue weighted by Crippen LogP contribution is 2.36. The number of hydrogen-bond acceptors (Lipinski definition) is 5. The van der Waals surface area contributed by atoms with Crippen molar-refractivity contribution in [3.63, 3.8) is 0 Å². The molecule has 0 radical (unpaired) electrons. The van der Waals surface area contributed by atoms with Gasteiger partial charge in [0.15, 0.2) is 18.1 Å². The van der Waals surface area contributed by atoms with Gasteiger partial charge in [-0.1, -0.05) is 29.8 Å². The van der Waals surface area contributed by atoms with Crippen LogP contribution in [0.25, 0.3) is 6.08 Å². The summed E-state index contributed by atoms with van der Waals surface area (Å²) < 4.78 is 10.5. The molecule has 2 aromatic carbocycles. The number of methoxy groups -OCH3 is 1. The molecule has 0 bridgehead atoms. The summed E-state index contributed by atoms with van der Waals surface area (Å²) in [5.41, 5.74) is 3.05. The van der Waals surface area contributed by atoms with Crippen molar-refractivity contribution in [3.8, 4) is 11.5 Å². The second-order valence-corrected chi connectivity index (χ2v) is 6.12. The van der Waals surface area contributed by atoms with Crippen molar-refractivity contribution in [1.29, 1.82) is 0 Å². The van der Waals surface area contributed by atoms with Gasteiger partial charge < -0.3 is 14.6 Å². The minimum atomic E-state index is -1.19. The van der Waals surface area contributed by atoms with Crippen LogP contribution in [0.4, 0.5) is 5.69 Å². The maximum absolute atomic E-state index is 12.7. The Morgan fingerprint density at radius 3 is 2.61 bits per heavy atom. The standard InChI is InChI=1S/C19H15ClN2O6/c1-27-15-9-12(20)7-11(17(15)28-10-16(23)24)8-14-18(25)21-22(19(14)26)13-5-3-2-4-6-13/h2-9H,10H2,1H3,(H,21,25)(H,23,24)/b14-8+. The van der Waals surface area contributed by atoms with Crippen molar-refractivity contribution in [2.45, 2.75) is 0 Å². The van der Waals surface area contributed by atoms with Crippen LogP contribution < -0.4 is 19.9 Å². The first-order valence-corrected chi connectivity index (χ1v) is 8.43. The average Bonchev–Trinajstić information content (AvgIpc) is 2.95. The van der Waals surface area contributed by atoms with Gasteiger partial charge >= 0.3 is 5.97 Å². The molecule has 2 N–H and O–H groups in total. The SMILES string of the molecule is COc1cc(Cl)cc(/C=C2\C(=O)NN(c3ccccc3)C2=O)c1OCC(=O)O. The maximum Gasteiger partial charge on any atom is 0.341 e. The van der Waals surface area contributed by atoms with Gasteiger partial charge in [0.1, 0.15) is 5.57 Å². The van der Waals surface area contributed by atoms with Crippen molar-refractivity contribution in [3.05, 3.63) is 58.6 Å². The minimum Gasteiger partial charge on any atom is -0.493 e. The molecular formula is C19H15ClN2O6.